The molecule has 0 saturated carbocycles. The van der Waals surface area contributed by atoms with Crippen molar-refractivity contribution in [1.82, 2.24) is 28.9 Å². The highest BCUT2D eigenvalue weighted by molar-refractivity contribution is 6.13. The van der Waals surface area contributed by atoms with Crippen LogP contribution in [0.5, 0.6) is 0 Å². The number of para-hydroxylation sites is 2. The third kappa shape index (κ3) is 4.28. The average Bonchev–Trinajstić information content (AvgIpc) is 3.69. The summed E-state index contributed by atoms with van der Waals surface area (Å²) < 4.78 is 9.87. The Bertz CT molecular complexity index is 2910. The van der Waals surface area contributed by atoms with E-state index in [4.69, 9.17) is 24.4 Å². The normalized spacial score (nSPS) is 11.8. The van der Waals surface area contributed by atoms with Crippen LogP contribution >= 0.6 is 0 Å². The van der Waals surface area contributed by atoms with Crippen LogP contribution in [0.1, 0.15) is 0 Å². The fraction of sp³-hybridized carbons (Fsp3) is 0. The second-order valence-corrected chi connectivity index (χ2v) is 11.9. The molecule has 4 aromatic heterocycles. The topological polar surface area (TPSA) is 91.1 Å². The molecule has 10 rings (SSSR count). The Morgan fingerprint density at radius 2 is 1.08 bits per heavy atom. The highest BCUT2D eigenvalue weighted by Gasteiger charge is 2.19. The van der Waals surface area contributed by atoms with E-state index in [-0.39, 0.29) is 11.4 Å². The fourth-order valence-corrected chi connectivity index (χ4v) is 6.73. The summed E-state index contributed by atoms with van der Waals surface area (Å²) in [5.41, 5.74) is 7.28. The molecule has 0 N–H and O–H groups in total. The Morgan fingerprint density at radius 3 is 1.82 bits per heavy atom. The summed E-state index contributed by atoms with van der Waals surface area (Å²) >= 11 is 0. The van der Waals surface area contributed by atoms with Gasteiger partial charge in [0.1, 0.15) is 5.58 Å². The molecule has 0 aliphatic rings. The molecule has 49 heavy (non-hydrogen) atoms. The maximum atomic E-state index is 13.7. The number of hydrogen-bond donors (Lipinski definition) is 0. The van der Waals surface area contributed by atoms with Crippen LogP contribution in [0.15, 0.2) is 155 Å². The van der Waals surface area contributed by atoms with Crippen LogP contribution in [-0.4, -0.2) is 28.9 Å². The van der Waals surface area contributed by atoms with Gasteiger partial charge in [0, 0.05) is 33.2 Å². The van der Waals surface area contributed by atoms with Gasteiger partial charge in [0.05, 0.1) is 27.5 Å². The van der Waals surface area contributed by atoms with Gasteiger partial charge in [-0.05, 0) is 42.5 Å². The number of imidazole rings is 1. The van der Waals surface area contributed by atoms with Crippen LogP contribution in [0.3, 0.4) is 0 Å². The third-order valence-corrected chi connectivity index (χ3v) is 9.00. The minimum Gasteiger partial charge on any atom is -0.424 e. The molecule has 0 radical (unpaired) electrons. The molecule has 0 aliphatic heterocycles. The van der Waals surface area contributed by atoms with Crippen LogP contribution in [0, 0.1) is 0 Å². The lowest BCUT2D eigenvalue weighted by Crippen LogP contribution is -2.12. The summed E-state index contributed by atoms with van der Waals surface area (Å²) in [6.07, 6.45) is 0. The largest absolute Gasteiger partial charge is 0.424 e. The lowest BCUT2D eigenvalue weighted by Gasteiger charge is -2.11. The van der Waals surface area contributed by atoms with Crippen molar-refractivity contribution in [2.75, 3.05) is 0 Å². The van der Waals surface area contributed by atoms with Crippen LogP contribution < -0.4 is 5.56 Å². The second kappa shape index (κ2) is 10.5. The zero-order valence-corrected chi connectivity index (χ0v) is 25.9. The summed E-state index contributed by atoms with van der Waals surface area (Å²) in [6, 6.07) is 47.8. The van der Waals surface area contributed by atoms with E-state index in [0.29, 0.717) is 39.5 Å². The Balaban J connectivity index is 1.21. The first-order valence-electron chi connectivity index (χ1n) is 15.9. The molecule has 8 heteroatoms. The number of fused-ring (bicyclic) bond motifs is 7. The van der Waals surface area contributed by atoms with Crippen molar-refractivity contribution in [2.45, 2.75) is 0 Å². The van der Waals surface area contributed by atoms with E-state index in [2.05, 4.69) is 28.8 Å². The molecule has 4 heterocycles. The van der Waals surface area contributed by atoms with Gasteiger partial charge in [-0.3, -0.25) is 4.79 Å². The number of aromatic nitrogens is 6. The highest BCUT2D eigenvalue weighted by Crippen LogP contribution is 2.36. The molecule has 0 bridgehead atoms. The maximum absolute atomic E-state index is 13.7. The molecule has 0 aliphatic carbocycles. The van der Waals surface area contributed by atoms with Crippen molar-refractivity contribution in [3.05, 3.63) is 156 Å². The highest BCUT2D eigenvalue weighted by atomic mass is 16.4. The van der Waals surface area contributed by atoms with E-state index < -0.39 is 0 Å². The monoisotopic (exact) mass is 632 g/mol. The summed E-state index contributed by atoms with van der Waals surface area (Å²) in [7, 11) is 0. The third-order valence-electron chi connectivity index (χ3n) is 9.00. The molecule has 230 valence electrons. The molecule has 8 nitrogen and oxygen atoms in total. The van der Waals surface area contributed by atoms with E-state index >= 15 is 0 Å². The fourth-order valence-electron chi connectivity index (χ4n) is 6.73. The molecule has 0 amide bonds. The summed E-state index contributed by atoms with van der Waals surface area (Å²) in [5, 5.41) is 2.60. The summed E-state index contributed by atoms with van der Waals surface area (Å²) in [4.78, 5) is 33.3. The van der Waals surface area contributed by atoms with Gasteiger partial charge in [-0.2, -0.15) is 4.98 Å². The Kier molecular flexibility index (Phi) is 5.86. The van der Waals surface area contributed by atoms with E-state index in [9.17, 15) is 4.79 Å². The van der Waals surface area contributed by atoms with Gasteiger partial charge in [0.15, 0.2) is 17.5 Å². The summed E-state index contributed by atoms with van der Waals surface area (Å²) in [5.74, 6) is 2.05. The van der Waals surface area contributed by atoms with Gasteiger partial charge >= 0.3 is 5.84 Å². The zero-order valence-electron chi connectivity index (χ0n) is 25.9. The predicted octanol–water partition coefficient (Wildman–Crippen LogP) is 8.88. The molecule has 0 unspecified atom stereocenters. The van der Waals surface area contributed by atoms with Gasteiger partial charge in [-0.15, -0.1) is 0 Å². The van der Waals surface area contributed by atoms with Crippen molar-refractivity contribution in [1.29, 1.82) is 0 Å². The molecular weight excluding hydrogens is 608 g/mol. The Labute approximate surface area is 278 Å². The summed E-state index contributed by atoms with van der Waals surface area (Å²) in [6.45, 7) is 0. The van der Waals surface area contributed by atoms with Crippen molar-refractivity contribution in [3.63, 3.8) is 0 Å². The molecule has 10 aromatic rings. The zero-order chi connectivity index (χ0) is 32.5. The van der Waals surface area contributed by atoms with Crippen molar-refractivity contribution < 1.29 is 4.42 Å². The first-order valence-corrected chi connectivity index (χ1v) is 15.9. The SMILES string of the molecule is O=c1c2ccccc2oc2nc3cc4c5ccccc5n(-c5cccc(-c6nc(-c7ccccc7)nc(-c7ccccc7)n6)c5)c4cc3n12. The first-order chi connectivity index (χ1) is 24.2. The minimum atomic E-state index is -0.165. The van der Waals surface area contributed by atoms with E-state index in [1.54, 1.807) is 16.5 Å². The van der Waals surface area contributed by atoms with Crippen molar-refractivity contribution in [2.24, 2.45) is 0 Å². The van der Waals surface area contributed by atoms with Gasteiger partial charge in [0.2, 0.25) is 0 Å². The number of benzene rings is 6. The van der Waals surface area contributed by atoms with Gasteiger partial charge in [-0.25, -0.2) is 19.4 Å². The molecule has 0 spiro atoms. The maximum Gasteiger partial charge on any atom is 0.310 e. The lowest BCUT2D eigenvalue weighted by molar-refractivity contribution is 0.616. The smallest absolute Gasteiger partial charge is 0.310 e. The van der Waals surface area contributed by atoms with E-state index in [0.717, 1.165) is 44.2 Å². The molecule has 0 atom stereocenters. The second-order valence-electron chi connectivity index (χ2n) is 11.9. The Hall–Kier alpha value is -6.93. The first kappa shape index (κ1) is 27.2. The number of nitrogens with zero attached hydrogens (tertiary/aromatic N) is 6. The predicted molar refractivity (Wildman–Crippen MR) is 193 cm³/mol. The standard InChI is InChI=1S/C41H24N6O2/c48-40-30-19-8-10-21-36(30)49-41-42-32-23-31-29-18-7-9-20-33(29)46(34(31)24-35(32)47(40)41)28-17-11-16-27(22-28)39-44-37(25-12-3-1-4-13-25)43-38(45-39)26-14-5-2-6-15-26/h1-24H. The number of hydrogen-bond acceptors (Lipinski definition) is 6. The van der Waals surface area contributed by atoms with Gasteiger partial charge in [0.25, 0.3) is 5.56 Å². The molecule has 6 aromatic carbocycles. The Morgan fingerprint density at radius 1 is 0.469 bits per heavy atom. The van der Waals surface area contributed by atoms with Gasteiger partial charge < -0.3 is 8.98 Å². The van der Waals surface area contributed by atoms with Crippen LogP contribution in [0.4, 0.5) is 0 Å². The van der Waals surface area contributed by atoms with Crippen molar-refractivity contribution in [3.8, 4) is 39.9 Å². The molecule has 0 saturated heterocycles. The van der Waals surface area contributed by atoms with Crippen LogP contribution in [0.25, 0.3) is 89.5 Å². The number of rotatable bonds is 4. The average molecular weight is 633 g/mol. The van der Waals surface area contributed by atoms with Crippen LogP contribution in [0.2, 0.25) is 0 Å². The van der Waals surface area contributed by atoms with E-state index in [1.165, 1.54) is 0 Å². The van der Waals surface area contributed by atoms with Crippen molar-refractivity contribution >= 4 is 49.7 Å². The quantitative estimate of drug-likeness (QED) is 0.193. The van der Waals surface area contributed by atoms with Crippen LogP contribution in [-0.2, 0) is 0 Å². The lowest BCUT2D eigenvalue weighted by atomic mass is 10.1. The van der Waals surface area contributed by atoms with E-state index in [1.807, 2.05) is 109 Å². The molecule has 0 fully saturated rings. The molecular formula is C41H24N6O2. The minimum absolute atomic E-state index is 0.165. The van der Waals surface area contributed by atoms with Gasteiger partial charge in [-0.1, -0.05) is 103 Å².